The number of nitrogens with one attached hydrogen (secondary N) is 1. The second kappa shape index (κ2) is 13.0. The van der Waals surface area contributed by atoms with Gasteiger partial charge < -0.3 is 20.0 Å². The zero-order valence-corrected chi connectivity index (χ0v) is 25.3. The second-order valence-corrected chi connectivity index (χ2v) is 13.1. The molecule has 1 aromatic heterocycles. The molecule has 0 saturated carbocycles. The van der Waals surface area contributed by atoms with Gasteiger partial charge in [-0.1, -0.05) is 18.2 Å². The molecule has 10 heteroatoms. The van der Waals surface area contributed by atoms with E-state index in [1.165, 1.54) is 5.69 Å². The highest BCUT2D eigenvalue weighted by Crippen LogP contribution is 2.27. The Labute approximate surface area is 241 Å². The molecule has 2 aromatic rings. The predicted molar refractivity (Wildman–Crippen MR) is 162 cm³/mol. The number of anilines is 2. The number of carbonyl (C=O) groups excluding carboxylic acids is 1. The van der Waals surface area contributed by atoms with Gasteiger partial charge in [0.25, 0.3) is 5.91 Å². The highest BCUT2D eigenvalue weighted by Gasteiger charge is 2.32. The fourth-order valence-electron chi connectivity index (χ4n) is 6.53. The van der Waals surface area contributed by atoms with Crippen molar-refractivity contribution in [3.63, 3.8) is 0 Å². The van der Waals surface area contributed by atoms with Gasteiger partial charge in [0.1, 0.15) is 17.3 Å². The largest absolute Gasteiger partial charge is 0.371 e. The lowest BCUT2D eigenvalue weighted by atomic mass is 9.97. The summed E-state index contributed by atoms with van der Waals surface area (Å²) in [6.45, 7) is 10.3. The highest BCUT2D eigenvalue weighted by molar-refractivity contribution is 7.81. The quantitative estimate of drug-likeness (QED) is 0.524. The van der Waals surface area contributed by atoms with E-state index in [0.717, 1.165) is 89.3 Å². The maximum atomic E-state index is 13.6. The molecule has 0 bridgehead atoms. The van der Waals surface area contributed by atoms with Crippen molar-refractivity contribution in [2.45, 2.75) is 58.0 Å². The number of hydrogen-bond acceptors (Lipinski definition) is 7. The second-order valence-electron chi connectivity index (χ2n) is 11.7. The molecule has 4 heterocycles. The molecule has 3 saturated heterocycles. The summed E-state index contributed by atoms with van der Waals surface area (Å²) >= 11 is 0. The Morgan fingerprint density at radius 1 is 1.00 bits per heavy atom. The number of piperidine rings is 2. The van der Waals surface area contributed by atoms with Crippen molar-refractivity contribution >= 4 is 28.4 Å². The van der Waals surface area contributed by atoms with E-state index in [1.807, 2.05) is 30.1 Å². The first-order valence-electron chi connectivity index (χ1n) is 14.8. The first kappa shape index (κ1) is 29.0. The van der Waals surface area contributed by atoms with E-state index in [0.29, 0.717) is 29.5 Å². The SMILES string of the molecule is Cc1nc(NC[C@@H]2CCN(c3ccccc3)C2)c(C)c(C(=O)N2CCC(N3CCC(N(C)S(C)=O)CC3)CC2)n1. The molecule has 0 aliphatic carbocycles. The topological polar surface area (TPSA) is 84.9 Å². The first-order chi connectivity index (χ1) is 19.3. The molecule has 0 radical (unpaired) electrons. The maximum Gasteiger partial charge on any atom is 0.272 e. The van der Waals surface area contributed by atoms with Gasteiger partial charge in [-0.05, 0) is 77.1 Å². The minimum atomic E-state index is -0.915. The van der Waals surface area contributed by atoms with Gasteiger partial charge in [0.05, 0.1) is 11.0 Å². The fraction of sp³-hybridized carbons (Fsp3) is 0.633. The van der Waals surface area contributed by atoms with Crippen LogP contribution in [0.2, 0.25) is 0 Å². The summed E-state index contributed by atoms with van der Waals surface area (Å²) in [7, 11) is 1.05. The van der Waals surface area contributed by atoms with Crippen molar-refractivity contribution < 1.29 is 9.00 Å². The van der Waals surface area contributed by atoms with Crippen LogP contribution in [0, 0.1) is 19.8 Å². The minimum absolute atomic E-state index is 0.0198. The van der Waals surface area contributed by atoms with Crippen molar-refractivity contribution in [2.75, 3.05) is 69.3 Å². The number of para-hydroxylation sites is 1. The molecule has 1 amide bonds. The molecular formula is C30H45N7O2S. The van der Waals surface area contributed by atoms with Gasteiger partial charge in [-0.15, -0.1) is 0 Å². The third-order valence-electron chi connectivity index (χ3n) is 9.11. The summed E-state index contributed by atoms with van der Waals surface area (Å²) in [5, 5.41) is 3.56. The number of likely N-dealkylation sites (tertiary alicyclic amines) is 2. The van der Waals surface area contributed by atoms with Crippen LogP contribution in [0.15, 0.2) is 30.3 Å². The average molecular weight is 568 g/mol. The van der Waals surface area contributed by atoms with Crippen LogP contribution >= 0.6 is 0 Å². The van der Waals surface area contributed by atoms with E-state index in [-0.39, 0.29) is 5.91 Å². The lowest BCUT2D eigenvalue weighted by Gasteiger charge is -2.43. The standard InChI is InChI=1S/C30H45N7O2S/c1-22-28(30(38)36-18-13-27(14-19-36)35-16-11-25(12-17-35)34(3)40(4)39)32-23(2)33-29(22)31-20-24-10-15-37(21-24)26-8-6-5-7-9-26/h5-9,24-25,27H,10-21H2,1-4H3,(H,31,32,33)/t24-,40?/m0/s1. The molecule has 0 spiro atoms. The summed E-state index contributed by atoms with van der Waals surface area (Å²) in [4.78, 5) is 29.9. The van der Waals surface area contributed by atoms with E-state index in [1.54, 1.807) is 6.26 Å². The number of benzene rings is 1. The molecule has 9 nitrogen and oxygen atoms in total. The summed E-state index contributed by atoms with van der Waals surface area (Å²) in [6, 6.07) is 11.5. The van der Waals surface area contributed by atoms with Crippen LogP contribution in [0.5, 0.6) is 0 Å². The van der Waals surface area contributed by atoms with Gasteiger partial charge in [-0.3, -0.25) is 4.79 Å². The van der Waals surface area contributed by atoms with Crippen LogP contribution in [0.25, 0.3) is 0 Å². The Hall–Kier alpha value is -2.56. The zero-order valence-electron chi connectivity index (χ0n) is 24.5. The summed E-state index contributed by atoms with van der Waals surface area (Å²) < 4.78 is 13.8. The van der Waals surface area contributed by atoms with Crippen molar-refractivity contribution in [2.24, 2.45) is 5.92 Å². The van der Waals surface area contributed by atoms with Gasteiger partial charge in [-0.25, -0.2) is 18.5 Å². The fourth-order valence-corrected chi connectivity index (χ4v) is 7.16. The van der Waals surface area contributed by atoms with Crippen LogP contribution in [-0.2, 0) is 11.0 Å². The predicted octanol–water partition coefficient (Wildman–Crippen LogP) is 3.33. The monoisotopic (exact) mass is 567 g/mol. The van der Waals surface area contributed by atoms with E-state index in [4.69, 9.17) is 0 Å². The molecule has 1 aromatic carbocycles. The molecule has 1 N–H and O–H groups in total. The van der Waals surface area contributed by atoms with E-state index < -0.39 is 11.0 Å². The van der Waals surface area contributed by atoms with Crippen molar-refractivity contribution in [1.82, 2.24) is 24.1 Å². The number of amides is 1. The molecule has 40 heavy (non-hydrogen) atoms. The summed E-state index contributed by atoms with van der Waals surface area (Å²) in [5.41, 5.74) is 2.65. The van der Waals surface area contributed by atoms with Crippen LogP contribution in [0.3, 0.4) is 0 Å². The Morgan fingerprint density at radius 2 is 1.70 bits per heavy atom. The number of aromatic nitrogens is 2. The van der Waals surface area contributed by atoms with Crippen molar-refractivity contribution in [1.29, 1.82) is 0 Å². The van der Waals surface area contributed by atoms with Crippen LogP contribution in [0.1, 0.15) is 54.0 Å². The van der Waals surface area contributed by atoms with Gasteiger partial charge >= 0.3 is 0 Å². The van der Waals surface area contributed by atoms with Gasteiger partial charge in [0, 0.05) is 69.4 Å². The lowest BCUT2D eigenvalue weighted by molar-refractivity contribution is 0.0544. The molecule has 5 rings (SSSR count). The molecule has 3 aliphatic heterocycles. The molecule has 2 atom stereocenters. The Morgan fingerprint density at radius 3 is 2.38 bits per heavy atom. The Kier molecular flexibility index (Phi) is 9.38. The molecule has 1 unspecified atom stereocenters. The van der Waals surface area contributed by atoms with Crippen LogP contribution in [-0.4, -0.2) is 105 Å². The Bertz CT molecular complexity index is 1180. The molecule has 3 fully saturated rings. The normalized spacial score (nSPS) is 22.2. The van der Waals surface area contributed by atoms with Gasteiger partial charge in [0.2, 0.25) is 0 Å². The highest BCUT2D eigenvalue weighted by atomic mass is 32.2. The molecule has 218 valence electrons. The number of carbonyl (C=O) groups is 1. The number of hydrogen-bond donors (Lipinski definition) is 1. The Balaban J connectivity index is 1.13. The first-order valence-corrected chi connectivity index (χ1v) is 16.3. The van der Waals surface area contributed by atoms with E-state index >= 15 is 0 Å². The number of rotatable bonds is 8. The molecular weight excluding hydrogens is 522 g/mol. The van der Waals surface area contributed by atoms with Gasteiger partial charge in [-0.2, -0.15) is 0 Å². The third-order valence-corrected chi connectivity index (χ3v) is 10.2. The van der Waals surface area contributed by atoms with Crippen molar-refractivity contribution in [3.8, 4) is 0 Å². The summed E-state index contributed by atoms with van der Waals surface area (Å²) in [6.07, 6.45) is 6.97. The minimum Gasteiger partial charge on any atom is -0.371 e. The number of nitrogens with zero attached hydrogens (tertiary/aromatic N) is 6. The average Bonchev–Trinajstić information content (AvgIpc) is 3.46. The smallest absolute Gasteiger partial charge is 0.272 e. The zero-order chi connectivity index (χ0) is 28.2. The third kappa shape index (κ3) is 6.66. The molecule has 3 aliphatic rings. The summed E-state index contributed by atoms with van der Waals surface area (Å²) in [5.74, 6) is 1.96. The van der Waals surface area contributed by atoms with Gasteiger partial charge in [0.15, 0.2) is 0 Å². The van der Waals surface area contributed by atoms with Crippen LogP contribution < -0.4 is 10.2 Å². The number of aryl methyl sites for hydroxylation is 1. The van der Waals surface area contributed by atoms with E-state index in [2.05, 4.69) is 55.4 Å². The lowest BCUT2D eigenvalue weighted by Crippen LogP contribution is -2.51. The van der Waals surface area contributed by atoms with Crippen LogP contribution in [0.4, 0.5) is 11.5 Å². The maximum absolute atomic E-state index is 13.6. The van der Waals surface area contributed by atoms with E-state index in [9.17, 15) is 9.00 Å². The van der Waals surface area contributed by atoms with Crippen molar-refractivity contribution in [3.05, 3.63) is 47.4 Å².